The summed E-state index contributed by atoms with van der Waals surface area (Å²) in [6, 6.07) is 64.2. The number of hydrogen-bond donors (Lipinski definition) is 0. The van der Waals surface area contributed by atoms with Crippen molar-refractivity contribution >= 4 is 32.3 Å². The standard InChI is InChI=1S/C51H34N4/c1-33-42(21-12-28-52-33)35-24-22-34(23-25-35)39-29-40(38-26-27-47-45-19-9-8-17-43(45)44-18-10-11-20-46(44)48(47)32-38)31-41(30-39)51-54-49(36-13-4-2-5-14-36)53-50(55-51)37-15-6-3-7-16-37/h2-32H,1H3. The quantitative estimate of drug-likeness (QED) is 0.162. The molecule has 8 aromatic carbocycles. The fourth-order valence-corrected chi connectivity index (χ4v) is 7.75. The van der Waals surface area contributed by atoms with Crippen molar-refractivity contribution in [1.29, 1.82) is 0 Å². The van der Waals surface area contributed by atoms with Crippen LogP contribution in [0.1, 0.15) is 5.69 Å². The number of rotatable bonds is 6. The Morgan fingerprint density at radius 2 is 0.727 bits per heavy atom. The molecule has 10 aromatic rings. The van der Waals surface area contributed by atoms with Crippen LogP contribution in [0.25, 0.3) is 99.9 Å². The van der Waals surface area contributed by atoms with Crippen LogP contribution in [-0.4, -0.2) is 19.9 Å². The average molecular weight is 703 g/mol. The van der Waals surface area contributed by atoms with Crippen LogP contribution in [0, 0.1) is 6.92 Å². The molecule has 0 bridgehead atoms. The number of pyridine rings is 1. The first kappa shape index (κ1) is 32.4. The van der Waals surface area contributed by atoms with Gasteiger partial charge in [-0.3, -0.25) is 4.98 Å². The van der Waals surface area contributed by atoms with Crippen molar-refractivity contribution in [3.05, 3.63) is 194 Å². The van der Waals surface area contributed by atoms with Gasteiger partial charge in [-0.15, -0.1) is 0 Å². The third kappa shape index (κ3) is 6.00. The number of aromatic nitrogens is 4. The highest BCUT2D eigenvalue weighted by atomic mass is 15.0. The van der Waals surface area contributed by atoms with Crippen LogP contribution in [0.2, 0.25) is 0 Å². The first-order valence-corrected chi connectivity index (χ1v) is 18.5. The summed E-state index contributed by atoms with van der Waals surface area (Å²) >= 11 is 0. The second-order valence-electron chi connectivity index (χ2n) is 13.9. The zero-order valence-electron chi connectivity index (χ0n) is 30.2. The number of fused-ring (bicyclic) bond motifs is 6. The van der Waals surface area contributed by atoms with Crippen molar-refractivity contribution < 1.29 is 0 Å². The van der Waals surface area contributed by atoms with E-state index in [0.29, 0.717) is 17.5 Å². The number of aryl methyl sites for hydroxylation is 1. The largest absolute Gasteiger partial charge is 0.261 e. The smallest absolute Gasteiger partial charge is 0.164 e. The van der Waals surface area contributed by atoms with Crippen LogP contribution in [0.5, 0.6) is 0 Å². The van der Waals surface area contributed by atoms with E-state index in [2.05, 4.69) is 127 Å². The van der Waals surface area contributed by atoms with E-state index in [0.717, 1.165) is 55.8 Å². The van der Waals surface area contributed by atoms with Crippen LogP contribution in [0.4, 0.5) is 0 Å². The molecule has 0 unspecified atom stereocenters. The highest BCUT2D eigenvalue weighted by Crippen LogP contribution is 2.39. The molecule has 0 atom stereocenters. The van der Waals surface area contributed by atoms with E-state index in [1.54, 1.807) is 0 Å². The van der Waals surface area contributed by atoms with Gasteiger partial charge in [0.2, 0.25) is 0 Å². The van der Waals surface area contributed by atoms with Gasteiger partial charge in [-0.2, -0.15) is 0 Å². The van der Waals surface area contributed by atoms with E-state index in [1.165, 1.54) is 32.3 Å². The number of benzene rings is 8. The maximum Gasteiger partial charge on any atom is 0.164 e. The summed E-state index contributed by atoms with van der Waals surface area (Å²) in [5.74, 6) is 1.89. The molecule has 0 fully saturated rings. The third-order valence-electron chi connectivity index (χ3n) is 10.5. The minimum atomic E-state index is 0.621. The highest BCUT2D eigenvalue weighted by Gasteiger charge is 2.16. The van der Waals surface area contributed by atoms with Gasteiger partial charge in [0.1, 0.15) is 0 Å². The Balaban J connectivity index is 1.19. The Hall–Kier alpha value is -7.30. The molecule has 0 N–H and O–H groups in total. The van der Waals surface area contributed by atoms with E-state index in [9.17, 15) is 0 Å². The second-order valence-corrected chi connectivity index (χ2v) is 13.9. The van der Waals surface area contributed by atoms with Gasteiger partial charge in [-0.05, 0) is 97.4 Å². The first-order valence-electron chi connectivity index (χ1n) is 18.5. The zero-order valence-corrected chi connectivity index (χ0v) is 30.2. The Labute approximate surface area is 319 Å². The highest BCUT2D eigenvalue weighted by molar-refractivity contribution is 6.25. The Morgan fingerprint density at radius 1 is 0.291 bits per heavy atom. The third-order valence-corrected chi connectivity index (χ3v) is 10.5. The van der Waals surface area contributed by atoms with E-state index in [1.807, 2.05) is 72.9 Å². The van der Waals surface area contributed by atoms with Crippen molar-refractivity contribution in [3.63, 3.8) is 0 Å². The van der Waals surface area contributed by atoms with Crippen molar-refractivity contribution in [2.45, 2.75) is 6.92 Å². The monoisotopic (exact) mass is 702 g/mol. The van der Waals surface area contributed by atoms with E-state index in [4.69, 9.17) is 15.0 Å². The van der Waals surface area contributed by atoms with Gasteiger partial charge < -0.3 is 0 Å². The molecule has 0 amide bonds. The topological polar surface area (TPSA) is 51.6 Å². The van der Waals surface area contributed by atoms with E-state index < -0.39 is 0 Å². The SMILES string of the molecule is Cc1ncccc1-c1ccc(-c2cc(-c3ccc4c5ccccc5c5ccccc5c4c3)cc(-c3nc(-c4ccccc4)nc(-c4ccccc4)n3)c2)cc1. The average Bonchev–Trinajstić information content (AvgIpc) is 3.27. The van der Waals surface area contributed by atoms with Crippen LogP contribution in [-0.2, 0) is 0 Å². The summed E-state index contributed by atoms with van der Waals surface area (Å²) in [5, 5.41) is 7.50. The molecule has 2 aromatic heterocycles. The second kappa shape index (κ2) is 13.6. The van der Waals surface area contributed by atoms with Gasteiger partial charge in [-0.1, -0.05) is 152 Å². The van der Waals surface area contributed by atoms with Crippen LogP contribution >= 0.6 is 0 Å². The minimum Gasteiger partial charge on any atom is -0.261 e. The van der Waals surface area contributed by atoms with E-state index >= 15 is 0 Å². The van der Waals surface area contributed by atoms with Gasteiger partial charge in [0.05, 0.1) is 0 Å². The van der Waals surface area contributed by atoms with Gasteiger partial charge in [0.15, 0.2) is 17.5 Å². The van der Waals surface area contributed by atoms with Crippen LogP contribution in [0.15, 0.2) is 188 Å². The maximum absolute atomic E-state index is 5.13. The summed E-state index contributed by atoms with van der Waals surface area (Å²) in [6.07, 6.45) is 1.84. The van der Waals surface area contributed by atoms with Gasteiger partial charge in [-0.25, -0.2) is 15.0 Å². The molecule has 4 nitrogen and oxygen atoms in total. The lowest BCUT2D eigenvalue weighted by Gasteiger charge is -2.15. The van der Waals surface area contributed by atoms with Crippen molar-refractivity contribution in [3.8, 4) is 67.5 Å². The zero-order chi connectivity index (χ0) is 36.7. The molecular weight excluding hydrogens is 669 g/mol. The number of nitrogens with zero attached hydrogens (tertiary/aromatic N) is 4. The van der Waals surface area contributed by atoms with Gasteiger partial charge >= 0.3 is 0 Å². The molecule has 0 spiro atoms. The Morgan fingerprint density at radius 3 is 1.29 bits per heavy atom. The Bertz CT molecular complexity index is 2940. The molecular formula is C51H34N4. The normalized spacial score (nSPS) is 11.4. The van der Waals surface area contributed by atoms with Crippen LogP contribution < -0.4 is 0 Å². The molecule has 0 aliphatic heterocycles. The van der Waals surface area contributed by atoms with Crippen molar-refractivity contribution in [2.75, 3.05) is 0 Å². The predicted octanol–water partition coefficient (Wildman–Crippen LogP) is 13.0. The summed E-state index contributed by atoms with van der Waals surface area (Å²) in [6.45, 7) is 2.05. The summed E-state index contributed by atoms with van der Waals surface area (Å²) in [5.41, 5.74) is 10.5. The lowest BCUT2D eigenvalue weighted by molar-refractivity contribution is 1.07. The summed E-state index contributed by atoms with van der Waals surface area (Å²) in [4.78, 5) is 19.7. The molecule has 0 saturated carbocycles. The summed E-state index contributed by atoms with van der Waals surface area (Å²) < 4.78 is 0. The molecule has 0 aliphatic carbocycles. The molecule has 0 aliphatic rings. The van der Waals surface area contributed by atoms with Crippen molar-refractivity contribution in [1.82, 2.24) is 19.9 Å². The number of hydrogen-bond acceptors (Lipinski definition) is 4. The summed E-state index contributed by atoms with van der Waals surface area (Å²) in [7, 11) is 0. The molecule has 10 rings (SSSR count). The van der Waals surface area contributed by atoms with Crippen molar-refractivity contribution in [2.24, 2.45) is 0 Å². The molecule has 55 heavy (non-hydrogen) atoms. The molecule has 0 radical (unpaired) electrons. The lowest BCUT2D eigenvalue weighted by atomic mass is 9.90. The van der Waals surface area contributed by atoms with Gasteiger partial charge in [0.25, 0.3) is 0 Å². The Kier molecular flexibility index (Phi) is 8.00. The predicted molar refractivity (Wildman–Crippen MR) is 227 cm³/mol. The first-order chi connectivity index (χ1) is 27.2. The molecule has 2 heterocycles. The fourth-order valence-electron chi connectivity index (χ4n) is 7.75. The molecule has 4 heteroatoms. The molecule has 258 valence electrons. The maximum atomic E-state index is 5.13. The van der Waals surface area contributed by atoms with Gasteiger partial charge in [0, 0.05) is 34.1 Å². The lowest BCUT2D eigenvalue weighted by Crippen LogP contribution is -2.00. The molecule has 0 saturated heterocycles. The fraction of sp³-hybridized carbons (Fsp3) is 0.0196. The van der Waals surface area contributed by atoms with Crippen LogP contribution in [0.3, 0.4) is 0 Å². The van der Waals surface area contributed by atoms with E-state index in [-0.39, 0.29) is 0 Å². The minimum absolute atomic E-state index is 0.621.